The molecule has 2 atom stereocenters. The van der Waals surface area contributed by atoms with Crippen LogP contribution in [0.3, 0.4) is 0 Å². The van der Waals surface area contributed by atoms with Crippen molar-refractivity contribution in [3.63, 3.8) is 0 Å². The van der Waals surface area contributed by atoms with E-state index in [0.717, 1.165) is 29.5 Å². The Hall–Kier alpha value is -5.37. The number of hydrogen-bond donors (Lipinski definition) is 1. The van der Waals surface area contributed by atoms with Crippen molar-refractivity contribution in [3.8, 4) is 5.75 Å². The number of amides is 3. The number of carbonyl (C=O) groups excluding carboxylic acids is 3. The summed E-state index contributed by atoms with van der Waals surface area (Å²) < 4.78 is 61.2. The van der Waals surface area contributed by atoms with Gasteiger partial charge in [0.25, 0.3) is 0 Å². The maximum atomic E-state index is 13.9. The third kappa shape index (κ3) is 8.61. The minimum Gasteiger partial charge on any atom is -0.445 e. The monoisotopic (exact) mass is 706 g/mol. The number of carbonyl (C=O) groups is 3. The third-order valence-corrected chi connectivity index (χ3v) is 9.18. The second-order valence-corrected chi connectivity index (χ2v) is 12.6. The zero-order valence-corrected chi connectivity index (χ0v) is 27.1. The number of nitrogens with zero attached hydrogens (tertiary/aromatic N) is 3. The quantitative estimate of drug-likeness (QED) is 0.177. The van der Waals surface area contributed by atoms with E-state index < -0.39 is 35.3 Å². The molecular weight excluding hydrogens is 676 g/mol. The largest absolute Gasteiger partial charge is 0.573 e. The number of aliphatic imine (C=N–C) groups is 1. The van der Waals surface area contributed by atoms with E-state index in [9.17, 15) is 31.9 Å². The molecule has 3 amide bonds. The van der Waals surface area contributed by atoms with Gasteiger partial charge in [-0.15, -0.1) is 13.2 Å². The van der Waals surface area contributed by atoms with Crippen molar-refractivity contribution >= 4 is 46.2 Å². The average Bonchev–Trinajstić information content (AvgIpc) is 3.70. The predicted octanol–water partition coefficient (Wildman–Crippen LogP) is 7.97. The fraction of sp³-hybridized carbons (Fsp3) is 0.222. The van der Waals surface area contributed by atoms with Crippen molar-refractivity contribution in [3.05, 3.63) is 126 Å². The van der Waals surface area contributed by atoms with Crippen molar-refractivity contribution in [1.82, 2.24) is 9.80 Å². The van der Waals surface area contributed by atoms with Crippen LogP contribution in [0.4, 0.5) is 33.7 Å². The van der Waals surface area contributed by atoms with E-state index in [0.29, 0.717) is 36.2 Å². The SMILES string of the molecule is O=C(Nc1ccc(C2SC(=Nc3cccc(F)c3)N(Cc3ccc(OC(F)(F)F)cc3)C2=O)cc1)[C@@H]1CCCN1C(=O)OCc1ccccc1. The molecule has 0 bridgehead atoms. The van der Waals surface area contributed by atoms with Crippen LogP contribution in [-0.2, 0) is 27.5 Å². The molecule has 50 heavy (non-hydrogen) atoms. The van der Waals surface area contributed by atoms with Gasteiger partial charge >= 0.3 is 12.5 Å². The van der Waals surface area contributed by atoms with Crippen LogP contribution >= 0.6 is 11.8 Å². The molecule has 258 valence electrons. The molecular formula is C36H30F4N4O5S. The molecule has 0 aromatic heterocycles. The van der Waals surface area contributed by atoms with Gasteiger partial charge in [-0.25, -0.2) is 14.2 Å². The Bertz CT molecular complexity index is 1870. The number of nitrogens with one attached hydrogen (secondary N) is 1. The molecule has 2 saturated heterocycles. The number of amidine groups is 1. The molecule has 6 rings (SSSR count). The number of alkyl halides is 3. The summed E-state index contributed by atoms with van der Waals surface area (Å²) >= 11 is 1.14. The van der Waals surface area contributed by atoms with Gasteiger partial charge in [-0.2, -0.15) is 0 Å². The van der Waals surface area contributed by atoms with E-state index >= 15 is 0 Å². The number of thioether (sulfide) groups is 1. The maximum absolute atomic E-state index is 13.9. The Balaban J connectivity index is 1.14. The highest BCUT2D eigenvalue weighted by molar-refractivity contribution is 8.15. The van der Waals surface area contributed by atoms with Gasteiger partial charge in [0.2, 0.25) is 11.8 Å². The van der Waals surface area contributed by atoms with Crippen molar-refractivity contribution in [2.45, 2.75) is 43.6 Å². The summed E-state index contributed by atoms with van der Waals surface area (Å²) in [6.45, 7) is 0.481. The van der Waals surface area contributed by atoms with Crippen LogP contribution in [-0.4, -0.2) is 51.8 Å². The lowest BCUT2D eigenvalue weighted by atomic mass is 10.1. The molecule has 2 aliphatic rings. The molecule has 4 aromatic carbocycles. The van der Waals surface area contributed by atoms with Gasteiger partial charge in [0, 0.05) is 12.2 Å². The summed E-state index contributed by atoms with van der Waals surface area (Å²) in [5.41, 5.74) is 2.70. The number of ether oxygens (including phenoxy) is 2. The summed E-state index contributed by atoms with van der Waals surface area (Å²) in [6.07, 6.45) is -4.27. The van der Waals surface area contributed by atoms with E-state index in [-0.39, 0.29) is 35.8 Å². The molecule has 2 heterocycles. The lowest BCUT2D eigenvalue weighted by Crippen LogP contribution is -2.43. The van der Waals surface area contributed by atoms with Gasteiger partial charge < -0.3 is 14.8 Å². The number of anilines is 1. The number of rotatable bonds is 9. The van der Waals surface area contributed by atoms with E-state index in [1.165, 1.54) is 40.1 Å². The van der Waals surface area contributed by atoms with Crippen molar-refractivity contribution in [1.29, 1.82) is 0 Å². The molecule has 0 aliphatic carbocycles. The van der Waals surface area contributed by atoms with Crippen LogP contribution in [0.2, 0.25) is 0 Å². The van der Waals surface area contributed by atoms with E-state index in [4.69, 9.17) is 4.74 Å². The third-order valence-electron chi connectivity index (χ3n) is 7.95. The smallest absolute Gasteiger partial charge is 0.445 e. The normalized spacial score (nSPS) is 18.4. The Kier molecular flexibility index (Phi) is 10.4. The Labute approximate surface area is 288 Å². The number of benzene rings is 4. The molecule has 4 aromatic rings. The summed E-state index contributed by atoms with van der Waals surface area (Å²) in [6, 6.07) is 25.9. The minimum atomic E-state index is -4.84. The van der Waals surface area contributed by atoms with Crippen LogP contribution in [0.1, 0.15) is 34.8 Å². The summed E-state index contributed by atoms with van der Waals surface area (Å²) in [4.78, 5) is 47.1. The first-order chi connectivity index (χ1) is 24.0. The lowest BCUT2D eigenvalue weighted by molar-refractivity contribution is -0.274. The van der Waals surface area contributed by atoms with E-state index in [1.807, 2.05) is 30.3 Å². The average molecular weight is 707 g/mol. The van der Waals surface area contributed by atoms with Crippen LogP contribution in [0.25, 0.3) is 0 Å². The van der Waals surface area contributed by atoms with Gasteiger partial charge in [0.05, 0.1) is 12.2 Å². The Morgan fingerprint density at radius 3 is 2.36 bits per heavy atom. The van der Waals surface area contributed by atoms with E-state index in [1.54, 1.807) is 30.3 Å². The molecule has 0 spiro atoms. The molecule has 1 unspecified atom stereocenters. The molecule has 2 fully saturated rings. The lowest BCUT2D eigenvalue weighted by Gasteiger charge is -2.23. The number of hydrogen-bond acceptors (Lipinski definition) is 7. The number of likely N-dealkylation sites (tertiary alicyclic amines) is 1. The minimum absolute atomic E-state index is 0.0113. The zero-order chi connectivity index (χ0) is 35.3. The fourth-order valence-corrected chi connectivity index (χ4v) is 6.73. The van der Waals surface area contributed by atoms with Crippen molar-refractivity contribution in [2.24, 2.45) is 4.99 Å². The van der Waals surface area contributed by atoms with Gasteiger partial charge in [0.1, 0.15) is 29.5 Å². The predicted molar refractivity (Wildman–Crippen MR) is 179 cm³/mol. The molecule has 1 N–H and O–H groups in total. The maximum Gasteiger partial charge on any atom is 0.573 e. The van der Waals surface area contributed by atoms with E-state index in [2.05, 4.69) is 15.0 Å². The fourth-order valence-electron chi connectivity index (χ4n) is 5.56. The molecule has 14 heteroatoms. The first-order valence-electron chi connectivity index (χ1n) is 15.6. The topological polar surface area (TPSA) is 101 Å². The highest BCUT2D eigenvalue weighted by Crippen LogP contribution is 2.41. The van der Waals surface area contributed by atoms with Crippen LogP contribution in [0, 0.1) is 5.82 Å². The first kappa shape index (κ1) is 34.5. The van der Waals surface area contributed by atoms with Crippen molar-refractivity contribution in [2.75, 3.05) is 11.9 Å². The Morgan fingerprint density at radius 2 is 1.66 bits per heavy atom. The van der Waals surface area contributed by atoms with Crippen LogP contribution in [0.15, 0.2) is 108 Å². The molecule has 0 saturated carbocycles. The van der Waals surface area contributed by atoms with Crippen LogP contribution in [0.5, 0.6) is 5.75 Å². The van der Waals surface area contributed by atoms with Crippen molar-refractivity contribution < 1.29 is 41.4 Å². The Morgan fingerprint density at radius 1 is 0.920 bits per heavy atom. The second kappa shape index (κ2) is 15.0. The highest BCUT2D eigenvalue weighted by Gasteiger charge is 2.40. The summed E-state index contributed by atoms with van der Waals surface area (Å²) in [7, 11) is 0. The number of halogens is 4. The van der Waals surface area contributed by atoms with Crippen LogP contribution < -0.4 is 10.1 Å². The van der Waals surface area contributed by atoms with Gasteiger partial charge in [-0.05, 0) is 72.0 Å². The zero-order valence-electron chi connectivity index (χ0n) is 26.3. The molecule has 9 nitrogen and oxygen atoms in total. The first-order valence-corrected chi connectivity index (χ1v) is 16.5. The highest BCUT2D eigenvalue weighted by atomic mass is 32.2. The second-order valence-electron chi connectivity index (χ2n) is 11.5. The molecule has 2 aliphatic heterocycles. The summed E-state index contributed by atoms with van der Waals surface area (Å²) in [5, 5.41) is 2.38. The van der Waals surface area contributed by atoms with Gasteiger partial charge in [-0.3, -0.25) is 19.4 Å². The molecule has 0 radical (unpaired) electrons. The summed E-state index contributed by atoms with van der Waals surface area (Å²) in [5.74, 6) is -1.61. The standard InChI is InChI=1S/C36H30F4N4O5S/c37-26-8-4-9-28(20-26)42-34-44(21-23-11-17-29(18-12-23)49-36(38,39)40)33(46)31(50-34)25-13-15-27(16-14-25)41-32(45)30-10-5-19-43(30)35(47)48-22-24-6-2-1-3-7-24/h1-4,6-9,11-18,20,30-31H,5,10,19,21-22H2,(H,41,45)/t30-,31?/m0/s1. The van der Waals surface area contributed by atoms with Gasteiger partial charge in [-0.1, -0.05) is 72.4 Å². The van der Waals surface area contributed by atoms with Gasteiger partial charge in [0.15, 0.2) is 5.17 Å².